The Labute approximate surface area is 77.5 Å². The van der Waals surface area contributed by atoms with Crippen molar-refractivity contribution in [3.05, 3.63) is 12.7 Å². The largest absolute Gasteiger partial charge is 0.481 e. The van der Waals surface area contributed by atoms with E-state index in [0.717, 1.165) is 0 Å². The second-order valence-electron chi connectivity index (χ2n) is 2.89. The zero-order chi connectivity index (χ0) is 10.3. The van der Waals surface area contributed by atoms with Gasteiger partial charge in [-0.2, -0.15) is 0 Å². The fourth-order valence-corrected chi connectivity index (χ4v) is 1.08. The lowest BCUT2D eigenvalue weighted by molar-refractivity contribution is -0.144. The first-order valence-corrected chi connectivity index (χ1v) is 4.27. The van der Waals surface area contributed by atoms with Crippen LogP contribution in [0.3, 0.4) is 0 Å². The fourth-order valence-electron chi connectivity index (χ4n) is 1.08. The molecular formula is C9H16O4. The quantitative estimate of drug-likeness (QED) is 0.399. The van der Waals surface area contributed by atoms with Crippen LogP contribution in [0.1, 0.15) is 19.3 Å². The summed E-state index contributed by atoms with van der Waals surface area (Å²) in [6.07, 6.45) is 1.74. The van der Waals surface area contributed by atoms with Crippen molar-refractivity contribution in [3.63, 3.8) is 0 Å². The molecule has 0 aromatic carbocycles. The summed E-state index contributed by atoms with van der Waals surface area (Å²) in [4.78, 5) is 10.6. The van der Waals surface area contributed by atoms with Crippen molar-refractivity contribution in [2.24, 2.45) is 5.92 Å². The van der Waals surface area contributed by atoms with Gasteiger partial charge >= 0.3 is 5.97 Å². The van der Waals surface area contributed by atoms with Crippen LogP contribution in [-0.4, -0.2) is 34.0 Å². The minimum absolute atomic E-state index is 0.0521. The van der Waals surface area contributed by atoms with Gasteiger partial charge in [-0.05, 0) is 12.8 Å². The maximum atomic E-state index is 10.6. The van der Waals surface area contributed by atoms with Crippen LogP contribution in [0, 0.1) is 5.92 Å². The predicted octanol–water partition coefficient (Wildman–Crippen LogP) is 0.397. The number of carboxylic acids is 1. The normalized spacial score (nSPS) is 14.9. The summed E-state index contributed by atoms with van der Waals surface area (Å²) >= 11 is 0. The van der Waals surface area contributed by atoms with Gasteiger partial charge in [0.2, 0.25) is 0 Å². The number of hydrogen-bond acceptors (Lipinski definition) is 3. The van der Waals surface area contributed by atoms with E-state index in [2.05, 4.69) is 6.58 Å². The van der Waals surface area contributed by atoms with Gasteiger partial charge in [0, 0.05) is 6.61 Å². The molecule has 0 aliphatic heterocycles. The lowest BCUT2D eigenvalue weighted by atomic mass is 9.96. The monoisotopic (exact) mass is 188 g/mol. The molecule has 0 unspecified atom stereocenters. The third kappa shape index (κ3) is 4.65. The summed E-state index contributed by atoms with van der Waals surface area (Å²) in [5.74, 6) is -1.82. The molecule has 0 aromatic heterocycles. The Morgan fingerprint density at radius 2 is 2.08 bits per heavy atom. The molecule has 4 nitrogen and oxygen atoms in total. The molecule has 0 rings (SSSR count). The van der Waals surface area contributed by atoms with E-state index in [1.165, 1.54) is 6.08 Å². The number of aliphatic hydroxyl groups excluding tert-OH is 2. The molecule has 0 spiro atoms. The molecule has 0 aliphatic carbocycles. The van der Waals surface area contributed by atoms with Gasteiger partial charge in [-0.3, -0.25) is 4.79 Å². The Kier molecular flexibility index (Phi) is 6.18. The summed E-state index contributed by atoms with van der Waals surface area (Å²) < 4.78 is 0. The number of aliphatic carboxylic acids is 1. The Hall–Kier alpha value is -0.870. The van der Waals surface area contributed by atoms with Crippen molar-refractivity contribution in [2.75, 3.05) is 6.61 Å². The van der Waals surface area contributed by atoms with Crippen LogP contribution in [0.25, 0.3) is 0 Å². The van der Waals surface area contributed by atoms with Crippen LogP contribution in [0.4, 0.5) is 0 Å². The lowest BCUT2D eigenvalue weighted by Crippen LogP contribution is -2.26. The van der Waals surface area contributed by atoms with Crippen molar-refractivity contribution < 1.29 is 20.1 Å². The van der Waals surface area contributed by atoms with Crippen LogP contribution in [0.2, 0.25) is 0 Å². The summed E-state index contributed by atoms with van der Waals surface area (Å²) in [7, 11) is 0. The van der Waals surface area contributed by atoms with Crippen LogP contribution in [0.15, 0.2) is 12.7 Å². The first-order chi connectivity index (χ1) is 6.13. The van der Waals surface area contributed by atoms with E-state index in [-0.39, 0.29) is 6.61 Å². The molecule has 0 aliphatic rings. The van der Waals surface area contributed by atoms with E-state index in [1.807, 2.05) is 0 Å². The molecule has 2 atom stereocenters. The molecule has 0 saturated carbocycles. The van der Waals surface area contributed by atoms with Crippen molar-refractivity contribution in [1.29, 1.82) is 0 Å². The Morgan fingerprint density at radius 3 is 2.46 bits per heavy atom. The minimum Gasteiger partial charge on any atom is -0.481 e. The molecule has 3 N–H and O–H groups in total. The molecule has 0 amide bonds. The number of hydrogen-bond donors (Lipinski definition) is 3. The second kappa shape index (κ2) is 6.62. The highest BCUT2D eigenvalue weighted by Gasteiger charge is 2.23. The van der Waals surface area contributed by atoms with Crippen molar-refractivity contribution in [2.45, 2.75) is 25.4 Å². The van der Waals surface area contributed by atoms with Gasteiger partial charge in [0.25, 0.3) is 0 Å². The van der Waals surface area contributed by atoms with Gasteiger partial charge < -0.3 is 15.3 Å². The third-order valence-corrected chi connectivity index (χ3v) is 1.89. The van der Waals surface area contributed by atoms with Crippen molar-refractivity contribution >= 4 is 5.97 Å². The number of carbonyl (C=O) groups is 1. The maximum absolute atomic E-state index is 10.6. The molecule has 0 fully saturated rings. The Morgan fingerprint density at radius 1 is 1.46 bits per heavy atom. The average molecular weight is 188 g/mol. The molecular weight excluding hydrogens is 172 g/mol. The van der Waals surface area contributed by atoms with E-state index in [4.69, 9.17) is 10.2 Å². The number of rotatable bonds is 7. The first-order valence-electron chi connectivity index (χ1n) is 4.27. The van der Waals surface area contributed by atoms with E-state index in [0.29, 0.717) is 19.3 Å². The van der Waals surface area contributed by atoms with E-state index in [9.17, 15) is 9.90 Å². The first kappa shape index (κ1) is 12.1. The molecule has 4 heteroatoms. The Bertz CT molecular complexity index is 167. The van der Waals surface area contributed by atoms with Gasteiger partial charge in [-0.1, -0.05) is 12.5 Å². The molecule has 0 aromatic rings. The molecule has 0 heterocycles. The highest BCUT2D eigenvalue weighted by molar-refractivity contribution is 5.71. The van der Waals surface area contributed by atoms with Gasteiger partial charge in [0.15, 0.2) is 0 Å². The third-order valence-electron chi connectivity index (χ3n) is 1.89. The number of aliphatic hydroxyl groups is 2. The molecule has 76 valence electrons. The SMILES string of the molecule is C=C[C@@H](O)[C@@H](CCCCO)C(=O)O. The summed E-state index contributed by atoms with van der Waals surface area (Å²) in [6, 6.07) is 0. The highest BCUT2D eigenvalue weighted by Crippen LogP contribution is 2.14. The van der Waals surface area contributed by atoms with E-state index >= 15 is 0 Å². The fraction of sp³-hybridized carbons (Fsp3) is 0.667. The maximum Gasteiger partial charge on any atom is 0.309 e. The predicted molar refractivity (Wildman–Crippen MR) is 48.3 cm³/mol. The van der Waals surface area contributed by atoms with Gasteiger partial charge in [0.05, 0.1) is 12.0 Å². The van der Waals surface area contributed by atoms with Gasteiger partial charge in [-0.25, -0.2) is 0 Å². The van der Waals surface area contributed by atoms with Crippen LogP contribution in [-0.2, 0) is 4.79 Å². The summed E-state index contributed by atoms with van der Waals surface area (Å²) in [6.45, 7) is 3.38. The van der Waals surface area contributed by atoms with Crippen molar-refractivity contribution in [1.82, 2.24) is 0 Å². The van der Waals surface area contributed by atoms with Crippen LogP contribution in [0.5, 0.6) is 0 Å². The van der Waals surface area contributed by atoms with E-state index in [1.54, 1.807) is 0 Å². The average Bonchev–Trinajstić information content (AvgIpc) is 2.11. The topological polar surface area (TPSA) is 77.8 Å². The van der Waals surface area contributed by atoms with Crippen LogP contribution >= 0.6 is 0 Å². The lowest BCUT2D eigenvalue weighted by Gasteiger charge is -2.14. The second-order valence-corrected chi connectivity index (χ2v) is 2.89. The molecule has 0 saturated heterocycles. The number of unbranched alkanes of at least 4 members (excludes halogenated alkanes) is 1. The number of carboxylic acid groups (broad SMARTS) is 1. The smallest absolute Gasteiger partial charge is 0.309 e. The molecule has 0 bridgehead atoms. The summed E-state index contributed by atoms with van der Waals surface area (Å²) in [5.41, 5.74) is 0. The minimum atomic E-state index is -1.02. The Balaban J connectivity index is 3.95. The standard InChI is InChI=1S/C9H16O4/c1-2-8(11)7(9(12)13)5-3-4-6-10/h2,7-8,10-11H,1,3-6H2,(H,12,13)/t7-,8-/m1/s1. The van der Waals surface area contributed by atoms with Gasteiger partial charge in [0.1, 0.15) is 0 Å². The highest BCUT2D eigenvalue weighted by atomic mass is 16.4. The van der Waals surface area contributed by atoms with Gasteiger partial charge in [-0.15, -0.1) is 6.58 Å². The van der Waals surface area contributed by atoms with Crippen LogP contribution < -0.4 is 0 Å². The molecule has 13 heavy (non-hydrogen) atoms. The zero-order valence-electron chi connectivity index (χ0n) is 7.52. The van der Waals surface area contributed by atoms with E-state index < -0.39 is 18.0 Å². The molecule has 0 radical (unpaired) electrons. The summed E-state index contributed by atoms with van der Waals surface area (Å²) in [5, 5.41) is 26.4. The zero-order valence-corrected chi connectivity index (χ0v) is 7.52. The van der Waals surface area contributed by atoms with Crippen molar-refractivity contribution in [3.8, 4) is 0 Å².